The van der Waals surface area contributed by atoms with Gasteiger partial charge >= 0.3 is 0 Å². The van der Waals surface area contributed by atoms with E-state index in [4.69, 9.17) is 4.74 Å². The first-order chi connectivity index (χ1) is 12.0. The number of fused-ring (bicyclic) bond motifs is 2. The van der Waals surface area contributed by atoms with E-state index in [9.17, 15) is 4.79 Å². The van der Waals surface area contributed by atoms with E-state index >= 15 is 0 Å². The van der Waals surface area contributed by atoms with Crippen LogP contribution in [0.1, 0.15) is 52.8 Å². The molecule has 3 heterocycles. The van der Waals surface area contributed by atoms with Gasteiger partial charge in [-0.1, -0.05) is 24.3 Å². The van der Waals surface area contributed by atoms with E-state index in [0.717, 1.165) is 49.3 Å². The Kier molecular flexibility index (Phi) is 4.12. The average Bonchev–Trinajstić information content (AvgIpc) is 2.78. The Labute approximate surface area is 148 Å². The van der Waals surface area contributed by atoms with Gasteiger partial charge in [0.15, 0.2) is 0 Å². The number of carbonyl (C=O) groups is 1. The van der Waals surface area contributed by atoms with Gasteiger partial charge in [-0.25, -0.2) is 0 Å². The molecule has 0 unspecified atom stereocenters. The summed E-state index contributed by atoms with van der Waals surface area (Å²) in [6, 6.07) is 8.51. The minimum atomic E-state index is -0.0557. The van der Waals surface area contributed by atoms with Crippen molar-refractivity contribution < 1.29 is 9.53 Å². The first-order valence-corrected chi connectivity index (χ1v) is 9.12. The van der Waals surface area contributed by atoms with Crippen molar-refractivity contribution in [1.29, 1.82) is 0 Å². The number of ether oxygens (including phenoxy) is 1. The zero-order valence-electron chi connectivity index (χ0n) is 15.2. The molecule has 0 N–H and O–H groups in total. The van der Waals surface area contributed by atoms with Crippen LogP contribution in [0.4, 0.5) is 0 Å². The second-order valence-electron chi connectivity index (χ2n) is 7.19. The lowest BCUT2D eigenvalue weighted by molar-refractivity contribution is -0.00713. The maximum absolute atomic E-state index is 13.3. The molecule has 4 rings (SSSR count). The highest BCUT2D eigenvalue weighted by Gasteiger charge is 2.33. The Morgan fingerprint density at radius 3 is 2.44 bits per heavy atom. The maximum atomic E-state index is 13.3. The summed E-state index contributed by atoms with van der Waals surface area (Å²) in [6.45, 7) is 5.59. The van der Waals surface area contributed by atoms with Crippen LogP contribution in [0, 0.1) is 0 Å². The Hall–Kier alpha value is -2.14. The molecular weight excluding hydrogens is 314 g/mol. The molecule has 2 aliphatic rings. The SMILES string of the molecule is C[C@@H]1Cc2c(nn(C)c2C(=O)N2CCc3ccccc3CC2)[C@H](C)O1. The van der Waals surface area contributed by atoms with Crippen molar-refractivity contribution in [2.24, 2.45) is 7.05 Å². The van der Waals surface area contributed by atoms with Crippen molar-refractivity contribution in [1.82, 2.24) is 14.7 Å². The minimum absolute atomic E-state index is 0.0557. The molecule has 1 aromatic carbocycles. The van der Waals surface area contributed by atoms with Crippen molar-refractivity contribution in [2.45, 2.75) is 45.3 Å². The van der Waals surface area contributed by atoms with Crippen LogP contribution in [-0.4, -0.2) is 39.8 Å². The number of hydrogen-bond acceptors (Lipinski definition) is 3. The number of amides is 1. The van der Waals surface area contributed by atoms with Crippen LogP contribution in [0.15, 0.2) is 24.3 Å². The highest BCUT2D eigenvalue weighted by atomic mass is 16.5. The first-order valence-electron chi connectivity index (χ1n) is 9.12. The van der Waals surface area contributed by atoms with Gasteiger partial charge in [-0.2, -0.15) is 5.10 Å². The predicted molar refractivity (Wildman–Crippen MR) is 95.6 cm³/mol. The Bertz CT molecular complexity index is 784. The summed E-state index contributed by atoms with van der Waals surface area (Å²) in [5, 5.41) is 4.59. The summed E-state index contributed by atoms with van der Waals surface area (Å²) in [7, 11) is 1.87. The summed E-state index contributed by atoms with van der Waals surface area (Å²) in [5.74, 6) is 0.102. The van der Waals surface area contributed by atoms with Crippen molar-refractivity contribution in [3.05, 3.63) is 52.3 Å². The summed E-state index contributed by atoms with van der Waals surface area (Å²) in [5.41, 5.74) is 5.45. The molecule has 0 fully saturated rings. The van der Waals surface area contributed by atoms with Gasteiger partial charge < -0.3 is 9.64 Å². The van der Waals surface area contributed by atoms with Crippen LogP contribution in [0.25, 0.3) is 0 Å². The van der Waals surface area contributed by atoms with Crippen molar-refractivity contribution in [2.75, 3.05) is 13.1 Å². The van der Waals surface area contributed by atoms with E-state index in [-0.39, 0.29) is 18.1 Å². The molecule has 5 nitrogen and oxygen atoms in total. The average molecular weight is 339 g/mol. The molecule has 0 radical (unpaired) electrons. The van der Waals surface area contributed by atoms with E-state index in [1.165, 1.54) is 11.1 Å². The standard InChI is InChI=1S/C20H25N3O2/c1-13-12-17-18(14(2)25-13)21-22(3)19(17)20(24)23-10-8-15-6-4-5-7-16(15)9-11-23/h4-7,13-14H,8-12H2,1-3H3/t13-,14+/m1/s1. The number of rotatable bonds is 1. The van der Waals surface area contributed by atoms with Crippen LogP contribution in [0.5, 0.6) is 0 Å². The molecule has 2 atom stereocenters. The number of aromatic nitrogens is 2. The number of benzene rings is 1. The van der Waals surface area contributed by atoms with Crippen LogP contribution < -0.4 is 0 Å². The summed E-state index contributed by atoms with van der Waals surface area (Å²) < 4.78 is 7.62. The summed E-state index contributed by atoms with van der Waals surface area (Å²) in [6.07, 6.45) is 2.64. The third kappa shape index (κ3) is 2.86. The lowest BCUT2D eigenvalue weighted by Gasteiger charge is -2.26. The fourth-order valence-corrected chi connectivity index (χ4v) is 4.15. The Balaban J connectivity index is 1.62. The Morgan fingerprint density at radius 1 is 1.16 bits per heavy atom. The molecule has 0 saturated heterocycles. The van der Waals surface area contributed by atoms with E-state index in [1.807, 2.05) is 18.9 Å². The Morgan fingerprint density at radius 2 is 1.80 bits per heavy atom. The molecule has 2 aromatic rings. The van der Waals surface area contributed by atoms with Gasteiger partial charge in [-0.15, -0.1) is 0 Å². The normalized spacial score (nSPS) is 22.9. The predicted octanol–water partition coefficient (Wildman–Crippen LogP) is 2.68. The molecule has 1 amide bonds. The van der Waals surface area contributed by atoms with Gasteiger partial charge in [-0.05, 0) is 37.8 Å². The molecule has 0 spiro atoms. The third-order valence-corrected chi connectivity index (χ3v) is 5.40. The molecule has 0 bridgehead atoms. The van der Waals surface area contributed by atoms with E-state index in [1.54, 1.807) is 4.68 Å². The van der Waals surface area contributed by atoms with E-state index in [0.29, 0.717) is 0 Å². The second kappa shape index (κ2) is 6.30. The molecule has 2 aliphatic heterocycles. The fraction of sp³-hybridized carbons (Fsp3) is 0.500. The number of nitrogens with zero attached hydrogens (tertiary/aromatic N) is 3. The van der Waals surface area contributed by atoms with Gasteiger partial charge in [-0.3, -0.25) is 9.48 Å². The van der Waals surface area contributed by atoms with Gasteiger partial charge in [0, 0.05) is 32.1 Å². The monoisotopic (exact) mass is 339 g/mol. The topological polar surface area (TPSA) is 47.4 Å². The molecule has 0 saturated carbocycles. The number of hydrogen-bond donors (Lipinski definition) is 0. The molecule has 132 valence electrons. The largest absolute Gasteiger partial charge is 0.369 e. The molecule has 1 aromatic heterocycles. The fourth-order valence-electron chi connectivity index (χ4n) is 4.15. The van der Waals surface area contributed by atoms with Gasteiger partial charge in [0.2, 0.25) is 0 Å². The molecule has 5 heteroatoms. The lowest BCUT2D eigenvalue weighted by Crippen LogP contribution is -2.35. The quantitative estimate of drug-likeness (QED) is 0.802. The van der Waals surface area contributed by atoms with Crippen LogP contribution in [-0.2, 0) is 31.0 Å². The van der Waals surface area contributed by atoms with Gasteiger partial charge in [0.25, 0.3) is 5.91 Å². The smallest absolute Gasteiger partial charge is 0.272 e. The van der Waals surface area contributed by atoms with E-state index in [2.05, 4.69) is 36.3 Å². The van der Waals surface area contributed by atoms with Crippen molar-refractivity contribution in [3.8, 4) is 0 Å². The first kappa shape index (κ1) is 16.3. The molecule has 0 aliphatic carbocycles. The molecular formula is C20H25N3O2. The second-order valence-corrected chi connectivity index (χ2v) is 7.19. The number of aryl methyl sites for hydroxylation is 1. The third-order valence-electron chi connectivity index (χ3n) is 5.40. The summed E-state index contributed by atoms with van der Waals surface area (Å²) in [4.78, 5) is 15.3. The van der Waals surface area contributed by atoms with Gasteiger partial charge in [0.1, 0.15) is 5.69 Å². The van der Waals surface area contributed by atoms with Crippen LogP contribution in [0.2, 0.25) is 0 Å². The zero-order valence-corrected chi connectivity index (χ0v) is 15.2. The van der Waals surface area contributed by atoms with Crippen LogP contribution in [0.3, 0.4) is 0 Å². The summed E-state index contributed by atoms with van der Waals surface area (Å²) >= 11 is 0. The van der Waals surface area contributed by atoms with E-state index < -0.39 is 0 Å². The zero-order chi connectivity index (χ0) is 17.6. The van der Waals surface area contributed by atoms with Crippen molar-refractivity contribution >= 4 is 5.91 Å². The molecule has 25 heavy (non-hydrogen) atoms. The highest BCUT2D eigenvalue weighted by Crippen LogP contribution is 2.32. The maximum Gasteiger partial charge on any atom is 0.272 e. The highest BCUT2D eigenvalue weighted by molar-refractivity contribution is 5.94. The number of carbonyl (C=O) groups excluding carboxylic acids is 1. The van der Waals surface area contributed by atoms with Gasteiger partial charge in [0.05, 0.1) is 17.9 Å². The van der Waals surface area contributed by atoms with Crippen LogP contribution >= 0.6 is 0 Å². The minimum Gasteiger partial charge on any atom is -0.369 e. The lowest BCUT2D eigenvalue weighted by atomic mass is 9.99. The van der Waals surface area contributed by atoms with Crippen molar-refractivity contribution in [3.63, 3.8) is 0 Å².